The first-order valence-electron chi connectivity index (χ1n) is 12.0. The van der Waals surface area contributed by atoms with Crippen LogP contribution in [0.3, 0.4) is 0 Å². The number of thiophene rings is 1. The summed E-state index contributed by atoms with van der Waals surface area (Å²) in [5, 5.41) is 3.00. The fourth-order valence-electron chi connectivity index (χ4n) is 4.72. The summed E-state index contributed by atoms with van der Waals surface area (Å²) in [4.78, 5) is 41.6. The number of hydrogen-bond acceptors (Lipinski definition) is 5. The highest BCUT2D eigenvalue weighted by Gasteiger charge is 2.29. The normalized spacial score (nSPS) is 14.7. The molecule has 2 aromatic heterocycles. The predicted molar refractivity (Wildman–Crippen MR) is 141 cm³/mol. The summed E-state index contributed by atoms with van der Waals surface area (Å²) >= 11 is 1.45. The van der Waals surface area contributed by atoms with Gasteiger partial charge in [0.15, 0.2) is 0 Å². The molecule has 6 nitrogen and oxygen atoms in total. The highest BCUT2D eigenvalue weighted by molar-refractivity contribution is 7.20. The Balaban J connectivity index is 1.35. The van der Waals surface area contributed by atoms with Gasteiger partial charge in [-0.3, -0.25) is 9.59 Å². The van der Waals surface area contributed by atoms with Gasteiger partial charge in [0.25, 0.3) is 11.8 Å². The van der Waals surface area contributed by atoms with Gasteiger partial charge < -0.3 is 9.80 Å². The molecule has 0 saturated carbocycles. The lowest BCUT2D eigenvalue weighted by Crippen LogP contribution is -2.50. The number of rotatable bonds is 2. The molecule has 35 heavy (non-hydrogen) atoms. The molecule has 3 heterocycles. The lowest BCUT2D eigenvalue weighted by atomic mass is 9.95. The van der Waals surface area contributed by atoms with Crippen LogP contribution in [-0.4, -0.2) is 57.8 Å². The van der Waals surface area contributed by atoms with Crippen molar-refractivity contribution in [1.82, 2.24) is 19.8 Å². The zero-order valence-corrected chi connectivity index (χ0v) is 21.7. The Morgan fingerprint density at radius 2 is 1.49 bits per heavy atom. The van der Waals surface area contributed by atoms with Crippen LogP contribution >= 0.6 is 11.3 Å². The van der Waals surface area contributed by atoms with Crippen LogP contribution in [0.5, 0.6) is 0 Å². The standard InChI is InChI=1S/C28H30N4O2S/c1-17-22-18(2)29-27(28(3,4)5)30-24(22)35-23(17)26(34)32-15-13-31(14-16-32)25(33)21-12-8-10-19-9-6-7-11-20(19)21/h6-12H,13-16H2,1-5H3. The van der Waals surface area contributed by atoms with Crippen LogP contribution in [0, 0.1) is 13.8 Å². The topological polar surface area (TPSA) is 66.4 Å². The third-order valence-corrected chi connectivity index (χ3v) is 7.88. The highest BCUT2D eigenvalue weighted by Crippen LogP contribution is 2.34. The summed E-state index contributed by atoms with van der Waals surface area (Å²) in [7, 11) is 0. The van der Waals surface area contributed by atoms with E-state index in [1.807, 2.05) is 66.1 Å². The van der Waals surface area contributed by atoms with E-state index in [0.717, 1.165) is 42.9 Å². The number of carbonyl (C=O) groups excluding carboxylic acids is 2. The highest BCUT2D eigenvalue weighted by atomic mass is 32.1. The number of aryl methyl sites for hydroxylation is 2. The van der Waals surface area contributed by atoms with E-state index in [9.17, 15) is 9.59 Å². The van der Waals surface area contributed by atoms with Crippen molar-refractivity contribution in [1.29, 1.82) is 0 Å². The predicted octanol–water partition coefficient (Wildman–Crippen LogP) is 5.36. The van der Waals surface area contributed by atoms with Gasteiger partial charge in [-0.05, 0) is 36.2 Å². The van der Waals surface area contributed by atoms with Crippen molar-refractivity contribution in [2.75, 3.05) is 26.2 Å². The molecule has 0 atom stereocenters. The first-order chi connectivity index (χ1) is 16.6. The third kappa shape index (κ3) is 4.18. The second kappa shape index (κ2) is 8.72. The number of aromatic nitrogens is 2. The SMILES string of the molecule is Cc1nc(C(C)(C)C)nc2sc(C(=O)N3CCN(C(=O)c4cccc5ccccc45)CC3)c(C)c12. The van der Waals surface area contributed by atoms with Crippen LogP contribution in [0.15, 0.2) is 42.5 Å². The molecule has 180 valence electrons. The van der Waals surface area contributed by atoms with Gasteiger partial charge in [0.2, 0.25) is 0 Å². The van der Waals surface area contributed by atoms with Crippen molar-refractivity contribution >= 4 is 44.1 Å². The first kappa shape index (κ1) is 23.4. The van der Waals surface area contributed by atoms with Gasteiger partial charge >= 0.3 is 0 Å². The summed E-state index contributed by atoms with van der Waals surface area (Å²) in [6.07, 6.45) is 0. The number of nitrogens with zero attached hydrogens (tertiary/aromatic N) is 4. The maximum Gasteiger partial charge on any atom is 0.264 e. The van der Waals surface area contributed by atoms with E-state index in [2.05, 4.69) is 20.8 Å². The van der Waals surface area contributed by atoms with Crippen molar-refractivity contribution in [3.05, 3.63) is 70.0 Å². The zero-order valence-electron chi connectivity index (χ0n) is 20.9. The average molecular weight is 487 g/mol. The Kier molecular flexibility index (Phi) is 5.83. The van der Waals surface area contributed by atoms with Gasteiger partial charge in [0.1, 0.15) is 10.7 Å². The van der Waals surface area contributed by atoms with E-state index in [-0.39, 0.29) is 17.2 Å². The Hall–Kier alpha value is -3.32. The minimum Gasteiger partial charge on any atom is -0.335 e. The quantitative estimate of drug-likeness (QED) is 0.383. The van der Waals surface area contributed by atoms with Crippen molar-refractivity contribution in [3.8, 4) is 0 Å². The average Bonchev–Trinajstić information content (AvgIpc) is 3.19. The molecule has 1 aliphatic heterocycles. The van der Waals surface area contributed by atoms with Gasteiger partial charge in [-0.1, -0.05) is 57.2 Å². The van der Waals surface area contributed by atoms with Crippen LogP contribution in [0.1, 0.15) is 57.9 Å². The molecule has 4 aromatic rings. The maximum atomic E-state index is 13.5. The van der Waals surface area contributed by atoms with E-state index < -0.39 is 0 Å². The third-order valence-electron chi connectivity index (χ3n) is 6.71. The van der Waals surface area contributed by atoms with E-state index in [1.165, 1.54) is 11.3 Å². The van der Waals surface area contributed by atoms with Gasteiger partial charge in [-0.15, -0.1) is 11.3 Å². The van der Waals surface area contributed by atoms with E-state index in [0.29, 0.717) is 31.7 Å². The molecule has 7 heteroatoms. The fourth-order valence-corrected chi connectivity index (χ4v) is 5.92. The molecule has 0 bridgehead atoms. The molecule has 5 rings (SSSR count). The Morgan fingerprint density at radius 1 is 0.857 bits per heavy atom. The number of benzene rings is 2. The summed E-state index contributed by atoms with van der Waals surface area (Å²) in [5.74, 6) is 0.829. The summed E-state index contributed by atoms with van der Waals surface area (Å²) in [6, 6.07) is 13.8. The van der Waals surface area contributed by atoms with E-state index in [1.54, 1.807) is 0 Å². The van der Waals surface area contributed by atoms with Gasteiger partial charge in [0.05, 0.1) is 10.6 Å². The van der Waals surface area contributed by atoms with Crippen molar-refractivity contribution in [3.63, 3.8) is 0 Å². The summed E-state index contributed by atoms with van der Waals surface area (Å²) in [6.45, 7) is 12.3. The monoisotopic (exact) mass is 486 g/mol. The first-order valence-corrected chi connectivity index (χ1v) is 12.8. The second-order valence-electron chi connectivity index (χ2n) is 10.2. The minimum absolute atomic E-state index is 0.0134. The molecule has 1 aliphatic rings. The molecule has 0 unspecified atom stereocenters. The fraction of sp³-hybridized carbons (Fsp3) is 0.357. The second-order valence-corrected chi connectivity index (χ2v) is 11.2. The lowest BCUT2D eigenvalue weighted by Gasteiger charge is -2.35. The Morgan fingerprint density at radius 3 is 2.17 bits per heavy atom. The van der Waals surface area contributed by atoms with Crippen molar-refractivity contribution < 1.29 is 9.59 Å². The molecule has 0 spiro atoms. The zero-order chi connectivity index (χ0) is 24.9. The van der Waals surface area contributed by atoms with Gasteiger partial charge in [-0.2, -0.15) is 0 Å². The molecule has 0 radical (unpaired) electrons. The number of hydrogen-bond donors (Lipinski definition) is 0. The van der Waals surface area contributed by atoms with Crippen LogP contribution in [0.2, 0.25) is 0 Å². The summed E-state index contributed by atoms with van der Waals surface area (Å²) < 4.78 is 0. The van der Waals surface area contributed by atoms with E-state index in [4.69, 9.17) is 9.97 Å². The van der Waals surface area contributed by atoms with Crippen molar-refractivity contribution in [2.45, 2.75) is 40.0 Å². The van der Waals surface area contributed by atoms with Gasteiger partial charge in [0, 0.05) is 42.5 Å². The maximum absolute atomic E-state index is 13.5. The molecule has 1 fully saturated rings. The number of fused-ring (bicyclic) bond motifs is 2. The molecule has 0 N–H and O–H groups in total. The van der Waals surface area contributed by atoms with Crippen LogP contribution < -0.4 is 0 Å². The van der Waals surface area contributed by atoms with Crippen LogP contribution in [0.4, 0.5) is 0 Å². The lowest BCUT2D eigenvalue weighted by molar-refractivity contribution is 0.0539. The van der Waals surface area contributed by atoms with E-state index >= 15 is 0 Å². The van der Waals surface area contributed by atoms with Gasteiger partial charge in [-0.25, -0.2) is 9.97 Å². The number of carbonyl (C=O) groups is 2. The van der Waals surface area contributed by atoms with Crippen LogP contribution in [0.25, 0.3) is 21.0 Å². The molecule has 0 aliphatic carbocycles. The number of amides is 2. The molecule has 2 amide bonds. The molecule has 1 saturated heterocycles. The van der Waals surface area contributed by atoms with Crippen LogP contribution in [-0.2, 0) is 5.41 Å². The molecular weight excluding hydrogens is 456 g/mol. The molecular formula is C28H30N4O2S. The Labute approximate surface area is 209 Å². The largest absolute Gasteiger partial charge is 0.335 e. The smallest absolute Gasteiger partial charge is 0.264 e. The summed E-state index contributed by atoms with van der Waals surface area (Å²) in [5.41, 5.74) is 2.42. The number of piperazine rings is 1. The minimum atomic E-state index is -0.159. The van der Waals surface area contributed by atoms with Crippen molar-refractivity contribution in [2.24, 2.45) is 0 Å². The molecule has 2 aromatic carbocycles. The Bertz CT molecular complexity index is 1450.